The van der Waals surface area contributed by atoms with Crippen LogP contribution in [-0.2, 0) is 4.79 Å². The second-order valence-corrected chi connectivity index (χ2v) is 3.57. The zero-order valence-corrected chi connectivity index (χ0v) is 7.66. The Labute approximate surface area is 78.9 Å². The van der Waals surface area contributed by atoms with Gasteiger partial charge in [-0.1, -0.05) is 0 Å². The van der Waals surface area contributed by atoms with Crippen molar-refractivity contribution < 1.29 is 9.18 Å². The van der Waals surface area contributed by atoms with Crippen molar-refractivity contribution in [3.63, 3.8) is 0 Å². The number of halogens is 2. The lowest BCUT2D eigenvalue weighted by molar-refractivity contribution is -0.109. The second-order valence-electron chi connectivity index (χ2n) is 2.10. The van der Waals surface area contributed by atoms with Crippen molar-refractivity contribution >= 4 is 28.6 Å². The van der Waals surface area contributed by atoms with E-state index in [-0.39, 0.29) is 11.6 Å². The Kier molecular flexibility index (Phi) is 3.56. The molecular formula is C8H6ClFOS. The third-order valence-corrected chi connectivity index (χ3v) is 2.47. The molecule has 12 heavy (non-hydrogen) atoms. The lowest BCUT2D eigenvalue weighted by Crippen LogP contribution is -1.88. The minimum absolute atomic E-state index is 0.215. The highest BCUT2D eigenvalue weighted by Gasteiger charge is 1.98. The van der Waals surface area contributed by atoms with E-state index in [4.69, 9.17) is 11.6 Å². The Balaban J connectivity index is 2.53. The van der Waals surface area contributed by atoms with Crippen molar-refractivity contribution in [2.75, 3.05) is 5.75 Å². The molecule has 0 saturated heterocycles. The Morgan fingerprint density at radius 1 is 1.42 bits per heavy atom. The molecule has 0 atom stereocenters. The number of hydrogen-bond acceptors (Lipinski definition) is 2. The first-order valence-electron chi connectivity index (χ1n) is 3.25. The van der Waals surface area contributed by atoms with Gasteiger partial charge in [-0.25, -0.2) is 4.39 Å². The maximum atomic E-state index is 12.4. The van der Waals surface area contributed by atoms with Gasteiger partial charge in [0.1, 0.15) is 5.82 Å². The number of hydrogen-bond donors (Lipinski definition) is 0. The second kappa shape index (κ2) is 4.48. The van der Waals surface area contributed by atoms with Gasteiger partial charge in [-0.05, 0) is 35.9 Å². The van der Waals surface area contributed by atoms with Crippen molar-refractivity contribution in [1.29, 1.82) is 0 Å². The Morgan fingerprint density at radius 2 is 2.00 bits per heavy atom. The van der Waals surface area contributed by atoms with E-state index in [0.29, 0.717) is 0 Å². The smallest absolute Gasteiger partial charge is 0.231 e. The van der Waals surface area contributed by atoms with Gasteiger partial charge in [0.2, 0.25) is 5.24 Å². The van der Waals surface area contributed by atoms with Crippen molar-refractivity contribution in [3.8, 4) is 0 Å². The molecule has 0 aliphatic rings. The van der Waals surface area contributed by atoms with E-state index in [1.807, 2.05) is 0 Å². The van der Waals surface area contributed by atoms with Crippen molar-refractivity contribution in [2.24, 2.45) is 0 Å². The molecule has 0 heterocycles. The van der Waals surface area contributed by atoms with E-state index >= 15 is 0 Å². The number of thioether (sulfide) groups is 1. The molecule has 0 aliphatic heterocycles. The highest BCUT2D eigenvalue weighted by molar-refractivity contribution is 8.00. The minimum atomic E-state index is -0.399. The third kappa shape index (κ3) is 3.24. The highest BCUT2D eigenvalue weighted by Crippen LogP contribution is 2.18. The molecule has 0 amide bonds. The first-order chi connectivity index (χ1) is 5.68. The molecule has 0 fully saturated rings. The average Bonchev–Trinajstić information content (AvgIpc) is 2.03. The van der Waals surface area contributed by atoms with Crippen LogP contribution in [0.15, 0.2) is 29.2 Å². The predicted octanol–water partition coefficient (Wildman–Crippen LogP) is 2.68. The summed E-state index contributed by atoms with van der Waals surface area (Å²) < 4.78 is 12.4. The Hall–Kier alpha value is -0.540. The molecule has 0 aromatic heterocycles. The van der Waals surface area contributed by atoms with Crippen LogP contribution in [0.2, 0.25) is 0 Å². The largest absolute Gasteiger partial charge is 0.280 e. The molecular weight excluding hydrogens is 199 g/mol. The summed E-state index contributed by atoms with van der Waals surface area (Å²) in [7, 11) is 0. The molecule has 64 valence electrons. The first kappa shape index (κ1) is 9.55. The maximum Gasteiger partial charge on any atom is 0.231 e. The Morgan fingerprint density at radius 3 is 2.50 bits per heavy atom. The molecule has 0 unspecified atom stereocenters. The molecule has 0 bridgehead atoms. The van der Waals surface area contributed by atoms with E-state index in [2.05, 4.69) is 0 Å². The zero-order chi connectivity index (χ0) is 8.97. The van der Waals surface area contributed by atoms with Gasteiger partial charge in [0, 0.05) is 4.90 Å². The zero-order valence-electron chi connectivity index (χ0n) is 6.09. The summed E-state index contributed by atoms with van der Waals surface area (Å²) in [5, 5.41) is -0.399. The monoisotopic (exact) mass is 204 g/mol. The number of carbonyl (C=O) groups is 1. The third-order valence-electron chi connectivity index (χ3n) is 1.17. The molecule has 1 aromatic rings. The molecule has 0 radical (unpaired) electrons. The standard InChI is InChI=1S/C8H6ClFOS/c9-8(11)5-12-7-3-1-6(10)2-4-7/h1-4H,5H2. The van der Waals surface area contributed by atoms with Crippen LogP contribution in [0.5, 0.6) is 0 Å². The van der Waals surface area contributed by atoms with Gasteiger partial charge in [0.25, 0.3) is 0 Å². The summed E-state index contributed by atoms with van der Waals surface area (Å²) >= 11 is 6.41. The van der Waals surface area contributed by atoms with E-state index in [1.54, 1.807) is 12.1 Å². The van der Waals surface area contributed by atoms with Crippen LogP contribution in [0.3, 0.4) is 0 Å². The summed E-state index contributed by atoms with van der Waals surface area (Å²) in [6, 6.07) is 5.92. The minimum Gasteiger partial charge on any atom is -0.280 e. The fourth-order valence-corrected chi connectivity index (χ4v) is 1.44. The van der Waals surface area contributed by atoms with Crippen molar-refractivity contribution in [3.05, 3.63) is 30.1 Å². The van der Waals surface area contributed by atoms with Crippen LogP contribution in [0.4, 0.5) is 4.39 Å². The highest BCUT2D eigenvalue weighted by atomic mass is 35.5. The van der Waals surface area contributed by atoms with Crippen LogP contribution >= 0.6 is 23.4 Å². The fraction of sp³-hybridized carbons (Fsp3) is 0.125. The normalized spacial score (nSPS) is 9.83. The van der Waals surface area contributed by atoms with Crippen LogP contribution in [-0.4, -0.2) is 11.0 Å². The summed E-state index contributed by atoms with van der Waals surface area (Å²) in [5.41, 5.74) is 0. The van der Waals surface area contributed by atoms with Crippen LogP contribution in [0, 0.1) is 5.82 Å². The van der Waals surface area contributed by atoms with Gasteiger partial charge in [-0.3, -0.25) is 4.79 Å². The van der Waals surface area contributed by atoms with Gasteiger partial charge >= 0.3 is 0 Å². The van der Waals surface area contributed by atoms with E-state index in [0.717, 1.165) is 4.90 Å². The van der Waals surface area contributed by atoms with Gasteiger partial charge in [0.15, 0.2) is 0 Å². The maximum absolute atomic E-state index is 12.4. The van der Waals surface area contributed by atoms with Gasteiger partial charge in [0.05, 0.1) is 5.75 Å². The van der Waals surface area contributed by atoms with Crippen molar-refractivity contribution in [2.45, 2.75) is 4.90 Å². The molecule has 0 saturated carbocycles. The molecule has 0 aliphatic carbocycles. The number of rotatable bonds is 3. The van der Waals surface area contributed by atoms with Crippen molar-refractivity contribution in [1.82, 2.24) is 0 Å². The first-order valence-corrected chi connectivity index (χ1v) is 4.61. The topological polar surface area (TPSA) is 17.1 Å². The molecule has 1 nitrogen and oxygen atoms in total. The van der Waals surface area contributed by atoms with E-state index < -0.39 is 5.24 Å². The molecule has 4 heteroatoms. The average molecular weight is 205 g/mol. The van der Waals surface area contributed by atoms with Crippen LogP contribution in [0.25, 0.3) is 0 Å². The van der Waals surface area contributed by atoms with E-state index in [1.165, 1.54) is 23.9 Å². The molecule has 0 spiro atoms. The lowest BCUT2D eigenvalue weighted by atomic mass is 10.4. The molecule has 1 rings (SSSR count). The lowest BCUT2D eigenvalue weighted by Gasteiger charge is -1.96. The summed E-state index contributed by atoms with van der Waals surface area (Å²) in [6.45, 7) is 0. The summed E-state index contributed by atoms with van der Waals surface area (Å²) in [5.74, 6) is -0.0655. The number of benzene rings is 1. The molecule has 0 N–H and O–H groups in total. The predicted molar refractivity (Wildman–Crippen MR) is 48.0 cm³/mol. The quantitative estimate of drug-likeness (QED) is 0.556. The summed E-state index contributed by atoms with van der Waals surface area (Å²) in [4.78, 5) is 11.2. The fourth-order valence-electron chi connectivity index (χ4n) is 0.671. The SMILES string of the molecule is O=C(Cl)CSc1ccc(F)cc1. The van der Waals surface area contributed by atoms with Gasteiger partial charge in [-0.15, -0.1) is 11.8 Å². The summed E-state index contributed by atoms with van der Waals surface area (Å²) in [6.07, 6.45) is 0. The number of carbonyl (C=O) groups excluding carboxylic acids is 1. The molecule has 1 aromatic carbocycles. The van der Waals surface area contributed by atoms with Gasteiger partial charge in [-0.2, -0.15) is 0 Å². The Bertz CT molecular complexity index is 273. The van der Waals surface area contributed by atoms with Crippen LogP contribution in [0.1, 0.15) is 0 Å². The van der Waals surface area contributed by atoms with Crippen LogP contribution < -0.4 is 0 Å². The van der Waals surface area contributed by atoms with Gasteiger partial charge < -0.3 is 0 Å². The van der Waals surface area contributed by atoms with E-state index in [9.17, 15) is 9.18 Å².